The van der Waals surface area contributed by atoms with Crippen molar-refractivity contribution >= 4 is 23.6 Å². The van der Waals surface area contributed by atoms with Gasteiger partial charge in [0, 0.05) is 5.56 Å². The van der Waals surface area contributed by atoms with Gasteiger partial charge in [-0.15, -0.1) is 0 Å². The number of carboxylic acids is 1. The van der Waals surface area contributed by atoms with Gasteiger partial charge in [-0.05, 0) is 42.5 Å². The Morgan fingerprint density at radius 2 is 1.60 bits per heavy atom. The summed E-state index contributed by atoms with van der Waals surface area (Å²) in [4.78, 5) is 21.4. The molecule has 0 bridgehead atoms. The quantitative estimate of drug-likeness (QED) is 0.657. The van der Waals surface area contributed by atoms with Crippen molar-refractivity contribution in [3.05, 3.63) is 53.6 Å². The Morgan fingerprint density at radius 1 is 1.00 bits per heavy atom. The minimum Gasteiger partial charge on any atom is -0.507 e. The smallest absolute Gasteiger partial charge is 0.339 e. The molecule has 0 radical (unpaired) electrons. The molecule has 20 heavy (non-hydrogen) atoms. The number of aldehydes is 1. The van der Waals surface area contributed by atoms with Crippen LogP contribution in [-0.2, 0) is 0 Å². The molecule has 6 nitrogen and oxygen atoms in total. The molecule has 0 heterocycles. The Bertz CT molecular complexity index is 678. The summed E-state index contributed by atoms with van der Waals surface area (Å²) >= 11 is 0. The second kappa shape index (κ2) is 5.75. The van der Waals surface area contributed by atoms with Gasteiger partial charge in [-0.2, -0.15) is 10.2 Å². The van der Waals surface area contributed by atoms with E-state index in [0.717, 1.165) is 6.29 Å². The molecule has 0 saturated heterocycles. The van der Waals surface area contributed by atoms with Crippen LogP contribution in [0.15, 0.2) is 52.7 Å². The Morgan fingerprint density at radius 3 is 2.20 bits per heavy atom. The number of azo groups is 1. The summed E-state index contributed by atoms with van der Waals surface area (Å²) in [7, 11) is 0. The summed E-state index contributed by atoms with van der Waals surface area (Å²) in [6, 6.07) is 10.3. The third-order valence-corrected chi connectivity index (χ3v) is 2.52. The Labute approximate surface area is 114 Å². The maximum Gasteiger partial charge on any atom is 0.339 e. The summed E-state index contributed by atoms with van der Waals surface area (Å²) in [6.45, 7) is 0. The molecule has 0 aliphatic carbocycles. The van der Waals surface area contributed by atoms with Crippen LogP contribution in [-0.4, -0.2) is 22.5 Å². The van der Waals surface area contributed by atoms with Crippen LogP contribution in [0.5, 0.6) is 5.75 Å². The predicted molar refractivity (Wildman–Crippen MR) is 71.1 cm³/mol. The molecule has 6 heteroatoms. The minimum absolute atomic E-state index is 0.238. The van der Waals surface area contributed by atoms with Crippen molar-refractivity contribution in [2.75, 3.05) is 0 Å². The van der Waals surface area contributed by atoms with Gasteiger partial charge >= 0.3 is 5.97 Å². The third kappa shape index (κ3) is 3.05. The molecule has 2 rings (SSSR count). The van der Waals surface area contributed by atoms with Crippen LogP contribution < -0.4 is 0 Å². The highest BCUT2D eigenvalue weighted by atomic mass is 16.4. The van der Waals surface area contributed by atoms with Crippen LogP contribution >= 0.6 is 0 Å². The summed E-state index contributed by atoms with van der Waals surface area (Å²) in [5.41, 5.74) is 1.12. The minimum atomic E-state index is -1.24. The maximum atomic E-state index is 10.9. The summed E-state index contributed by atoms with van der Waals surface area (Å²) < 4.78 is 0. The number of aromatic hydroxyl groups is 1. The van der Waals surface area contributed by atoms with Crippen molar-refractivity contribution in [2.45, 2.75) is 0 Å². The van der Waals surface area contributed by atoms with E-state index in [4.69, 9.17) is 5.11 Å². The second-order valence-electron chi connectivity index (χ2n) is 3.92. The summed E-state index contributed by atoms with van der Waals surface area (Å²) in [6.07, 6.45) is 0.722. The first kappa shape index (κ1) is 13.4. The largest absolute Gasteiger partial charge is 0.507 e. The highest BCUT2D eigenvalue weighted by Crippen LogP contribution is 2.25. The number of carbonyl (C=O) groups is 2. The van der Waals surface area contributed by atoms with Crippen molar-refractivity contribution in [3.63, 3.8) is 0 Å². The molecular formula is C14H10N2O4. The summed E-state index contributed by atoms with van der Waals surface area (Å²) in [5, 5.41) is 26.0. The molecule has 0 aromatic heterocycles. The van der Waals surface area contributed by atoms with E-state index in [1.807, 2.05) is 0 Å². The Balaban J connectivity index is 2.24. The van der Waals surface area contributed by atoms with E-state index in [-0.39, 0.29) is 11.3 Å². The normalized spacial score (nSPS) is 10.6. The number of hydrogen-bond donors (Lipinski definition) is 2. The second-order valence-corrected chi connectivity index (χ2v) is 3.92. The first-order valence-electron chi connectivity index (χ1n) is 5.63. The number of hydrogen-bond acceptors (Lipinski definition) is 5. The van der Waals surface area contributed by atoms with Gasteiger partial charge < -0.3 is 10.2 Å². The molecule has 0 atom stereocenters. The van der Waals surface area contributed by atoms with E-state index in [0.29, 0.717) is 16.9 Å². The molecule has 2 N–H and O–H groups in total. The fourth-order valence-corrected chi connectivity index (χ4v) is 1.49. The van der Waals surface area contributed by atoms with E-state index in [9.17, 15) is 14.7 Å². The monoisotopic (exact) mass is 270 g/mol. The van der Waals surface area contributed by atoms with Crippen molar-refractivity contribution < 1.29 is 19.8 Å². The van der Waals surface area contributed by atoms with Gasteiger partial charge in [0.25, 0.3) is 0 Å². The van der Waals surface area contributed by atoms with Gasteiger partial charge in [0.05, 0.1) is 11.4 Å². The number of nitrogens with zero attached hydrogens (tertiary/aromatic N) is 2. The average Bonchev–Trinajstić information content (AvgIpc) is 2.46. The average molecular weight is 270 g/mol. The Hall–Kier alpha value is -3.02. The first-order valence-corrected chi connectivity index (χ1v) is 5.63. The molecule has 0 unspecified atom stereocenters. The van der Waals surface area contributed by atoms with Gasteiger partial charge in [-0.1, -0.05) is 0 Å². The maximum absolute atomic E-state index is 10.9. The number of benzene rings is 2. The SMILES string of the molecule is O=Cc1ccc(N=Nc2ccc(O)c(C(=O)O)c2)cc1. The van der Waals surface area contributed by atoms with Crippen molar-refractivity contribution in [1.82, 2.24) is 0 Å². The van der Waals surface area contributed by atoms with E-state index in [1.165, 1.54) is 18.2 Å². The standard InChI is InChI=1S/C14H10N2O4/c17-8-9-1-3-10(4-2-9)15-16-11-5-6-13(18)12(7-11)14(19)20/h1-8,18H,(H,19,20). The fraction of sp³-hybridized carbons (Fsp3) is 0. The van der Waals surface area contributed by atoms with Gasteiger partial charge in [-0.25, -0.2) is 4.79 Å². The van der Waals surface area contributed by atoms with Crippen LogP contribution in [0, 0.1) is 0 Å². The molecule has 0 aliphatic heterocycles. The van der Waals surface area contributed by atoms with E-state index in [1.54, 1.807) is 24.3 Å². The number of rotatable bonds is 4. The molecule has 0 spiro atoms. The van der Waals surface area contributed by atoms with Crippen LogP contribution in [0.2, 0.25) is 0 Å². The molecular weight excluding hydrogens is 260 g/mol. The van der Waals surface area contributed by atoms with E-state index in [2.05, 4.69) is 10.2 Å². The van der Waals surface area contributed by atoms with E-state index < -0.39 is 5.97 Å². The van der Waals surface area contributed by atoms with E-state index >= 15 is 0 Å². The van der Waals surface area contributed by atoms with Gasteiger partial charge in [0.15, 0.2) is 0 Å². The highest BCUT2D eigenvalue weighted by molar-refractivity contribution is 5.91. The lowest BCUT2D eigenvalue weighted by Crippen LogP contribution is -1.95. The van der Waals surface area contributed by atoms with Crippen LogP contribution in [0.1, 0.15) is 20.7 Å². The highest BCUT2D eigenvalue weighted by Gasteiger charge is 2.09. The van der Waals surface area contributed by atoms with Gasteiger partial charge in [0.1, 0.15) is 17.6 Å². The third-order valence-electron chi connectivity index (χ3n) is 2.52. The van der Waals surface area contributed by atoms with Crippen molar-refractivity contribution in [1.29, 1.82) is 0 Å². The number of carbonyl (C=O) groups excluding carboxylic acids is 1. The molecule has 0 aliphatic rings. The zero-order valence-electron chi connectivity index (χ0n) is 10.2. The lowest BCUT2D eigenvalue weighted by Gasteiger charge is -1.99. The predicted octanol–water partition coefficient (Wildman–Crippen LogP) is 3.32. The number of phenols is 1. The van der Waals surface area contributed by atoms with Crippen molar-refractivity contribution in [3.8, 4) is 5.75 Å². The van der Waals surface area contributed by atoms with Gasteiger partial charge in [0.2, 0.25) is 0 Å². The number of carboxylic acid groups (broad SMARTS) is 1. The number of aromatic carboxylic acids is 1. The van der Waals surface area contributed by atoms with Crippen LogP contribution in [0.3, 0.4) is 0 Å². The first-order chi connectivity index (χ1) is 9.60. The molecule has 2 aromatic rings. The molecule has 0 saturated carbocycles. The Kier molecular flexibility index (Phi) is 3.85. The van der Waals surface area contributed by atoms with Gasteiger partial charge in [-0.3, -0.25) is 4.79 Å². The fourth-order valence-electron chi connectivity index (χ4n) is 1.49. The molecule has 0 fully saturated rings. The molecule has 2 aromatic carbocycles. The van der Waals surface area contributed by atoms with Crippen LogP contribution in [0.25, 0.3) is 0 Å². The zero-order chi connectivity index (χ0) is 14.5. The molecule has 100 valence electrons. The lowest BCUT2D eigenvalue weighted by atomic mass is 10.2. The molecule has 0 amide bonds. The zero-order valence-corrected chi connectivity index (χ0v) is 10.2. The summed E-state index contributed by atoms with van der Waals surface area (Å²) in [5.74, 6) is -1.57. The lowest BCUT2D eigenvalue weighted by molar-refractivity contribution is 0.0693. The van der Waals surface area contributed by atoms with Crippen molar-refractivity contribution in [2.24, 2.45) is 10.2 Å². The van der Waals surface area contributed by atoms with Crippen LogP contribution in [0.4, 0.5) is 11.4 Å². The topological polar surface area (TPSA) is 99.3 Å².